The number of fused-ring (bicyclic) bond motifs is 3. The molecule has 30 heavy (non-hydrogen) atoms. The molecule has 1 aromatic carbocycles. The second kappa shape index (κ2) is 7.53. The van der Waals surface area contributed by atoms with Gasteiger partial charge in [-0.2, -0.15) is 9.83 Å². The van der Waals surface area contributed by atoms with Crippen molar-refractivity contribution < 1.29 is 14.6 Å². The minimum absolute atomic E-state index is 0.208. The van der Waals surface area contributed by atoms with Crippen LogP contribution in [0.4, 0.5) is 0 Å². The van der Waals surface area contributed by atoms with Gasteiger partial charge in [0.1, 0.15) is 0 Å². The van der Waals surface area contributed by atoms with Gasteiger partial charge in [0.05, 0.1) is 24.5 Å². The highest BCUT2D eigenvalue weighted by Crippen LogP contribution is 2.49. The molecule has 0 saturated heterocycles. The number of benzene rings is 1. The number of carbonyl (C=O) groups excluding carboxylic acids is 1. The summed E-state index contributed by atoms with van der Waals surface area (Å²) < 4.78 is 2.36. The quantitative estimate of drug-likeness (QED) is 0.497. The van der Waals surface area contributed by atoms with Gasteiger partial charge in [0.15, 0.2) is 11.9 Å². The highest BCUT2D eigenvalue weighted by molar-refractivity contribution is 5.94. The first-order valence-electron chi connectivity index (χ1n) is 10.3. The molecule has 3 atom stereocenters. The summed E-state index contributed by atoms with van der Waals surface area (Å²) in [5.74, 6) is 0.927. The van der Waals surface area contributed by atoms with Gasteiger partial charge in [-0.25, -0.2) is 9.67 Å². The molecule has 0 spiro atoms. The topological polar surface area (TPSA) is 107 Å². The zero-order valence-corrected chi connectivity index (χ0v) is 16.4. The minimum atomic E-state index is -0.515. The van der Waals surface area contributed by atoms with E-state index in [0.29, 0.717) is 28.1 Å². The Hall–Kier alpha value is -3.26. The van der Waals surface area contributed by atoms with Gasteiger partial charge in [0.25, 0.3) is 5.91 Å². The summed E-state index contributed by atoms with van der Waals surface area (Å²) in [6, 6.07) is 8.86. The van der Waals surface area contributed by atoms with E-state index in [1.807, 2.05) is 30.3 Å². The molecule has 2 heterocycles. The number of aromatic nitrogens is 4. The molecule has 2 aliphatic rings. The van der Waals surface area contributed by atoms with Crippen molar-refractivity contribution >= 4 is 5.91 Å². The highest BCUT2D eigenvalue weighted by atomic mass is 16.5. The summed E-state index contributed by atoms with van der Waals surface area (Å²) in [6.45, 7) is -0.208. The van der Waals surface area contributed by atoms with Crippen molar-refractivity contribution in [1.29, 1.82) is 0 Å². The van der Waals surface area contributed by atoms with Crippen LogP contribution < -0.4 is 10.0 Å². The zero-order valence-electron chi connectivity index (χ0n) is 16.4. The van der Waals surface area contributed by atoms with Crippen LogP contribution in [0.2, 0.25) is 0 Å². The van der Waals surface area contributed by atoms with Gasteiger partial charge in [-0.15, -0.1) is 0 Å². The molecule has 8 heteroatoms. The predicted octanol–water partition coefficient (Wildman–Crippen LogP) is 1.80. The number of aliphatic hydroxyl groups excluding tert-OH is 1. The number of hydrogen-bond donors (Lipinski definition) is 2. The van der Waals surface area contributed by atoms with Crippen LogP contribution in [0, 0.1) is 11.1 Å². The average molecular weight is 405 g/mol. The van der Waals surface area contributed by atoms with Gasteiger partial charge in [0.2, 0.25) is 12.0 Å². The molecule has 5 rings (SSSR count). The first-order chi connectivity index (χ1) is 14.7. The zero-order chi connectivity index (χ0) is 20.7. The first kappa shape index (κ1) is 18.7. The number of amides is 1. The van der Waals surface area contributed by atoms with E-state index < -0.39 is 6.04 Å². The Bertz CT molecular complexity index is 1080. The SMILES string of the molecule is O=C(NC(CO)c1ccccc1)c1nn(-c2c[n+]([O-])ccn2)c2c1C[C@H]1CCC[C@@H]21. The van der Waals surface area contributed by atoms with Crippen LogP contribution in [0.1, 0.15) is 58.5 Å². The third-order valence-electron chi connectivity index (χ3n) is 6.28. The van der Waals surface area contributed by atoms with E-state index >= 15 is 0 Å². The smallest absolute Gasteiger partial charge is 0.272 e. The molecule has 1 saturated carbocycles. The van der Waals surface area contributed by atoms with E-state index in [-0.39, 0.29) is 12.5 Å². The summed E-state index contributed by atoms with van der Waals surface area (Å²) >= 11 is 0. The van der Waals surface area contributed by atoms with Crippen LogP contribution in [0.15, 0.2) is 48.9 Å². The van der Waals surface area contributed by atoms with Crippen molar-refractivity contribution in [3.8, 4) is 5.82 Å². The average Bonchev–Trinajstić information content (AvgIpc) is 3.44. The molecular weight excluding hydrogens is 382 g/mol. The van der Waals surface area contributed by atoms with Crippen molar-refractivity contribution in [2.24, 2.45) is 5.92 Å². The molecule has 2 N–H and O–H groups in total. The van der Waals surface area contributed by atoms with Gasteiger partial charge in [0, 0.05) is 11.5 Å². The van der Waals surface area contributed by atoms with E-state index in [9.17, 15) is 15.1 Å². The molecule has 154 valence electrons. The van der Waals surface area contributed by atoms with E-state index in [0.717, 1.165) is 42.5 Å². The maximum Gasteiger partial charge on any atom is 0.272 e. The van der Waals surface area contributed by atoms with Crippen molar-refractivity contribution in [2.75, 3.05) is 6.61 Å². The van der Waals surface area contributed by atoms with Crippen molar-refractivity contribution in [2.45, 2.75) is 37.6 Å². The lowest BCUT2D eigenvalue weighted by atomic mass is 9.99. The van der Waals surface area contributed by atoms with Gasteiger partial charge in [-0.1, -0.05) is 36.8 Å². The third-order valence-corrected chi connectivity index (χ3v) is 6.28. The molecule has 0 bridgehead atoms. The fraction of sp³-hybridized carbons (Fsp3) is 0.364. The number of nitrogens with one attached hydrogen (secondary N) is 1. The fourth-order valence-corrected chi connectivity index (χ4v) is 4.93. The van der Waals surface area contributed by atoms with Crippen LogP contribution in [0.5, 0.6) is 0 Å². The number of carbonyl (C=O) groups is 1. The Morgan fingerprint density at radius 3 is 2.93 bits per heavy atom. The van der Waals surface area contributed by atoms with E-state index in [1.54, 1.807) is 4.68 Å². The normalized spacial score (nSPS) is 20.6. The van der Waals surface area contributed by atoms with Crippen LogP contribution in [-0.4, -0.2) is 32.4 Å². The molecule has 8 nitrogen and oxygen atoms in total. The highest BCUT2D eigenvalue weighted by Gasteiger charge is 2.43. The van der Waals surface area contributed by atoms with E-state index in [4.69, 9.17) is 0 Å². The van der Waals surface area contributed by atoms with Gasteiger partial charge in [-0.05, 0) is 30.7 Å². The van der Waals surface area contributed by atoms with Crippen molar-refractivity contribution in [3.63, 3.8) is 0 Å². The Kier molecular flexibility index (Phi) is 4.71. The van der Waals surface area contributed by atoms with Gasteiger partial charge >= 0.3 is 0 Å². The number of hydrogen-bond acceptors (Lipinski definition) is 5. The number of aliphatic hydroxyl groups is 1. The van der Waals surface area contributed by atoms with Crippen LogP contribution in [-0.2, 0) is 6.42 Å². The summed E-state index contributed by atoms with van der Waals surface area (Å²) in [5, 5.41) is 29.1. The molecule has 0 radical (unpaired) electrons. The first-order valence-corrected chi connectivity index (χ1v) is 10.3. The molecule has 0 aliphatic heterocycles. The number of nitrogens with zero attached hydrogens (tertiary/aromatic N) is 4. The minimum Gasteiger partial charge on any atom is -0.619 e. The lowest BCUT2D eigenvalue weighted by molar-refractivity contribution is -0.605. The number of rotatable bonds is 5. The van der Waals surface area contributed by atoms with Crippen LogP contribution in [0.3, 0.4) is 0 Å². The van der Waals surface area contributed by atoms with Gasteiger partial charge < -0.3 is 15.6 Å². The summed E-state index contributed by atoms with van der Waals surface area (Å²) in [5.41, 5.74) is 3.13. The van der Waals surface area contributed by atoms with Crippen LogP contribution >= 0.6 is 0 Å². The maximum absolute atomic E-state index is 13.2. The Labute approximate surface area is 173 Å². The Morgan fingerprint density at radius 2 is 2.17 bits per heavy atom. The van der Waals surface area contributed by atoms with Crippen molar-refractivity contribution in [1.82, 2.24) is 20.1 Å². The van der Waals surface area contributed by atoms with Crippen LogP contribution in [0.25, 0.3) is 5.82 Å². The summed E-state index contributed by atoms with van der Waals surface area (Å²) in [7, 11) is 0. The Morgan fingerprint density at radius 1 is 1.33 bits per heavy atom. The molecule has 1 amide bonds. The molecule has 1 unspecified atom stereocenters. The van der Waals surface area contributed by atoms with E-state index in [1.165, 1.54) is 18.6 Å². The monoisotopic (exact) mass is 405 g/mol. The second-order valence-corrected chi connectivity index (χ2v) is 8.02. The molecular formula is C22H23N5O3. The summed E-state index contributed by atoms with van der Waals surface area (Å²) in [6.07, 6.45) is 8.29. The lowest BCUT2D eigenvalue weighted by Gasteiger charge is -2.16. The molecule has 1 fully saturated rings. The predicted molar refractivity (Wildman–Crippen MR) is 108 cm³/mol. The Balaban J connectivity index is 1.53. The lowest BCUT2D eigenvalue weighted by Crippen LogP contribution is -2.32. The molecule has 2 aliphatic carbocycles. The van der Waals surface area contributed by atoms with E-state index in [2.05, 4.69) is 15.4 Å². The molecule has 3 aromatic rings. The second-order valence-electron chi connectivity index (χ2n) is 8.02. The largest absolute Gasteiger partial charge is 0.619 e. The van der Waals surface area contributed by atoms with Crippen molar-refractivity contribution in [3.05, 3.63) is 76.6 Å². The summed E-state index contributed by atoms with van der Waals surface area (Å²) in [4.78, 5) is 17.5. The fourth-order valence-electron chi connectivity index (χ4n) is 4.93. The maximum atomic E-state index is 13.2. The van der Waals surface area contributed by atoms with Gasteiger partial charge in [-0.3, -0.25) is 4.79 Å². The third kappa shape index (κ3) is 3.13. The molecule has 2 aromatic heterocycles. The standard InChI is InChI=1S/C22H23N5O3/c28-13-18(14-5-2-1-3-6-14)24-22(29)20-17-11-15-7-4-8-16(15)21(17)27(25-20)19-12-26(30)10-9-23-19/h1-3,5-6,9-10,12,15-16,18,28H,4,7-8,11,13H2,(H,24,29)/t15-,16-,18?/m1/s1.